The van der Waals surface area contributed by atoms with E-state index in [4.69, 9.17) is 9.15 Å². The molecule has 0 fully saturated rings. The van der Waals surface area contributed by atoms with Crippen molar-refractivity contribution in [3.05, 3.63) is 40.2 Å². The monoisotopic (exact) mass is 274 g/mol. The zero-order chi connectivity index (χ0) is 14.5. The van der Waals surface area contributed by atoms with Gasteiger partial charge in [0.2, 0.25) is 0 Å². The van der Waals surface area contributed by atoms with Gasteiger partial charge in [-0.3, -0.25) is 4.79 Å². The van der Waals surface area contributed by atoms with E-state index in [1.54, 1.807) is 6.07 Å². The van der Waals surface area contributed by atoms with Crippen molar-refractivity contribution in [1.82, 2.24) is 0 Å². The van der Waals surface area contributed by atoms with Crippen LogP contribution in [-0.4, -0.2) is 12.4 Å². The largest absolute Gasteiger partial charge is 0.493 e. The first kappa shape index (κ1) is 14.3. The molecule has 1 heterocycles. The van der Waals surface area contributed by atoms with E-state index in [0.717, 1.165) is 10.9 Å². The van der Waals surface area contributed by atoms with Gasteiger partial charge in [-0.05, 0) is 31.0 Å². The molecular formula is C16H18O4. The van der Waals surface area contributed by atoms with E-state index in [0.29, 0.717) is 37.2 Å². The summed E-state index contributed by atoms with van der Waals surface area (Å²) in [5.74, 6) is 0.893. The van der Waals surface area contributed by atoms with E-state index >= 15 is 0 Å². The highest BCUT2D eigenvalue weighted by Gasteiger charge is 2.04. The molecule has 0 unspecified atom stereocenters. The van der Waals surface area contributed by atoms with Crippen molar-refractivity contribution in [3.8, 4) is 5.75 Å². The van der Waals surface area contributed by atoms with Crippen LogP contribution in [0.25, 0.3) is 11.0 Å². The molecule has 2 rings (SSSR count). The number of Topliss-reactive ketones (excluding diaryl/α,β-unsaturated/α-hetero) is 1. The van der Waals surface area contributed by atoms with Crippen LogP contribution in [0.4, 0.5) is 0 Å². The SMILES string of the molecule is CCC(=O)CCCOc1ccc2c(C)cc(=O)oc2c1. The number of ketones is 1. The van der Waals surface area contributed by atoms with Crippen molar-refractivity contribution < 1.29 is 13.9 Å². The Hall–Kier alpha value is -2.10. The quantitative estimate of drug-likeness (QED) is 0.599. The fourth-order valence-corrected chi connectivity index (χ4v) is 2.03. The molecule has 2 aromatic rings. The fraction of sp³-hybridized carbons (Fsp3) is 0.375. The third kappa shape index (κ3) is 3.47. The van der Waals surface area contributed by atoms with Gasteiger partial charge in [0.05, 0.1) is 6.61 Å². The van der Waals surface area contributed by atoms with Crippen LogP contribution in [0.5, 0.6) is 5.75 Å². The number of ether oxygens (including phenoxy) is 1. The van der Waals surface area contributed by atoms with Crippen LogP contribution in [0.1, 0.15) is 31.7 Å². The van der Waals surface area contributed by atoms with E-state index < -0.39 is 0 Å². The van der Waals surface area contributed by atoms with E-state index in [1.165, 1.54) is 6.07 Å². The molecule has 0 N–H and O–H groups in total. The summed E-state index contributed by atoms with van der Waals surface area (Å²) >= 11 is 0. The summed E-state index contributed by atoms with van der Waals surface area (Å²) < 4.78 is 10.7. The minimum atomic E-state index is -0.360. The molecular weight excluding hydrogens is 256 g/mol. The number of aryl methyl sites for hydroxylation is 1. The van der Waals surface area contributed by atoms with Crippen molar-refractivity contribution in [2.45, 2.75) is 33.1 Å². The summed E-state index contributed by atoms with van der Waals surface area (Å²) in [6, 6.07) is 6.90. The van der Waals surface area contributed by atoms with Crippen molar-refractivity contribution >= 4 is 16.8 Å². The van der Waals surface area contributed by atoms with Crippen LogP contribution in [0, 0.1) is 6.92 Å². The first-order valence-corrected chi connectivity index (χ1v) is 6.79. The second-order valence-electron chi connectivity index (χ2n) is 4.75. The number of carbonyl (C=O) groups excluding carboxylic acids is 1. The molecule has 0 aliphatic carbocycles. The minimum absolute atomic E-state index is 0.244. The van der Waals surface area contributed by atoms with Crippen molar-refractivity contribution in [3.63, 3.8) is 0 Å². The van der Waals surface area contributed by atoms with Crippen LogP contribution in [-0.2, 0) is 4.79 Å². The third-order valence-corrected chi connectivity index (χ3v) is 3.19. The van der Waals surface area contributed by atoms with Crippen LogP contribution in [0.3, 0.4) is 0 Å². The molecule has 0 saturated carbocycles. The highest BCUT2D eigenvalue weighted by atomic mass is 16.5. The Morgan fingerprint density at radius 2 is 2.10 bits per heavy atom. The van der Waals surface area contributed by atoms with Gasteiger partial charge in [0, 0.05) is 30.4 Å². The van der Waals surface area contributed by atoms with Gasteiger partial charge in [-0.25, -0.2) is 4.79 Å². The lowest BCUT2D eigenvalue weighted by Gasteiger charge is -2.07. The van der Waals surface area contributed by atoms with Crippen molar-refractivity contribution in [2.24, 2.45) is 0 Å². The lowest BCUT2D eigenvalue weighted by Crippen LogP contribution is -2.02. The Labute approximate surface area is 117 Å². The standard InChI is InChI=1S/C16H18O4/c1-3-12(17)5-4-8-19-13-6-7-14-11(2)9-16(18)20-15(14)10-13/h6-7,9-10H,3-5,8H2,1-2H3. The Balaban J connectivity index is 2.05. The molecule has 0 spiro atoms. The molecule has 0 atom stereocenters. The summed E-state index contributed by atoms with van der Waals surface area (Å²) in [6.07, 6.45) is 1.81. The molecule has 0 radical (unpaired) electrons. The van der Waals surface area contributed by atoms with Gasteiger partial charge in [-0.2, -0.15) is 0 Å². The molecule has 20 heavy (non-hydrogen) atoms. The molecule has 4 nitrogen and oxygen atoms in total. The van der Waals surface area contributed by atoms with Crippen LogP contribution < -0.4 is 10.4 Å². The molecule has 0 bridgehead atoms. The normalized spacial score (nSPS) is 10.7. The Bertz CT molecular complexity index is 670. The molecule has 106 valence electrons. The summed E-state index contributed by atoms with van der Waals surface area (Å²) in [5.41, 5.74) is 1.05. The first-order chi connectivity index (χ1) is 9.60. The Kier molecular flexibility index (Phi) is 4.56. The van der Waals surface area contributed by atoms with Gasteiger partial charge in [0.25, 0.3) is 0 Å². The summed E-state index contributed by atoms with van der Waals surface area (Å²) in [4.78, 5) is 22.5. The van der Waals surface area contributed by atoms with Gasteiger partial charge >= 0.3 is 5.63 Å². The maximum absolute atomic E-state index is 11.3. The number of rotatable bonds is 6. The molecule has 0 saturated heterocycles. The highest BCUT2D eigenvalue weighted by molar-refractivity contribution is 5.81. The lowest BCUT2D eigenvalue weighted by molar-refractivity contribution is -0.118. The topological polar surface area (TPSA) is 56.5 Å². The van der Waals surface area contributed by atoms with Gasteiger partial charge in [0.1, 0.15) is 17.1 Å². The van der Waals surface area contributed by atoms with E-state index in [1.807, 2.05) is 26.0 Å². The molecule has 0 aliphatic heterocycles. The van der Waals surface area contributed by atoms with Crippen LogP contribution >= 0.6 is 0 Å². The van der Waals surface area contributed by atoms with Crippen LogP contribution in [0.2, 0.25) is 0 Å². The van der Waals surface area contributed by atoms with E-state index in [9.17, 15) is 9.59 Å². The van der Waals surface area contributed by atoms with Gasteiger partial charge in [-0.15, -0.1) is 0 Å². The highest BCUT2D eigenvalue weighted by Crippen LogP contribution is 2.22. The number of carbonyl (C=O) groups is 1. The number of hydrogen-bond acceptors (Lipinski definition) is 4. The summed E-state index contributed by atoms with van der Waals surface area (Å²) in [6.45, 7) is 4.21. The number of hydrogen-bond donors (Lipinski definition) is 0. The predicted octanol–water partition coefficient (Wildman–Crippen LogP) is 3.24. The van der Waals surface area contributed by atoms with Gasteiger partial charge in [-0.1, -0.05) is 6.92 Å². The molecule has 0 aliphatic rings. The molecule has 1 aromatic heterocycles. The molecule has 4 heteroatoms. The fourth-order valence-electron chi connectivity index (χ4n) is 2.03. The van der Waals surface area contributed by atoms with Crippen molar-refractivity contribution in [2.75, 3.05) is 6.61 Å². The first-order valence-electron chi connectivity index (χ1n) is 6.79. The van der Waals surface area contributed by atoms with E-state index in [2.05, 4.69) is 0 Å². The average Bonchev–Trinajstić information content (AvgIpc) is 2.42. The van der Waals surface area contributed by atoms with Gasteiger partial charge in [0.15, 0.2) is 0 Å². The lowest BCUT2D eigenvalue weighted by atomic mass is 10.1. The average molecular weight is 274 g/mol. The third-order valence-electron chi connectivity index (χ3n) is 3.19. The minimum Gasteiger partial charge on any atom is -0.493 e. The van der Waals surface area contributed by atoms with Crippen molar-refractivity contribution in [1.29, 1.82) is 0 Å². The van der Waals surface area contributed by atoms with Crippen LogP contribution in [0.15, 0.2) is 33.5 Å². The van der Waals surface area contributed by atoms with Gasteiger partial charge < -0.3 is 9.15 Å². The number of fused-ring (bicyclic) bond motifs is 1. The zero-order valence-corrected chi connectivity index (χ0v) is 11.8. The smallest absolute Gasteiger partial charge is 0.336 e. The van der Waals surface area contributed by atoms with E-state index in [-0.39, 0.29) is 11.4 Å². The second kappa shape index (κ2) is 6.37. The number of benzene rings is 1. The maximum Gasteiger partial charge on any atom is 0.336 e. The predicted molar refractivity (Wildman–Crippen MR) is 77.2 cm³/mol. The summed E-state index contributed by atoms with van der Waals surface area (Å²) in [7, 11) is 0. The zero-order valence-electron chi connectivity index (χ0n) is 11.8. The molecule has 0 amide bonds. The summed E-state index contributed by atoms with van der Waals surface area (Å²) in [5, 5.41) is 0.901. The maximum atomic E-state index is 11.3. The molecule has 1 aromatic carbocycles. The second-order valence-corrected chi connectivity index (χ2v) is 4.75. The Morgan fingerprint density at radius 3 is 2.85 bits per heavy atom. The Morgan fingerprint density at radius 1 is 1.30 bits per heavy atom.